The Hall–Kier alpha value is -0.720. The molecule has 1 N–H and O–H groups in total. The van der Waals surface area contributed by atoms with Crippen LogP contribution in [0.1, 0.15) is 12.5 Å². The van der Waals surface area contributed by atoms with E-state index >= 15 is 0 Å². The van der Waals surface area contributed by atoms with Crippen molar-refractivity contribution in [2.75, 3.05) is 6.54 Å². The van der Waals surface area contributed by atoms with Crippen molar-refractivity contribution in [3.05, 3.63) is 33.3 Å². The summed E-state index contributed by atoms with van der Waals surface area (Å²) in [5, 5.41) is -0.0611. The Bertz CT molecular complexity index is 429. The average molecular weight is 329 g/mol. The van der Waals surface area contributed by atoms with Gasteiger partial charge in [0.1, 0.15) is 6.54 Å². The molecule has 3 nitrogen and oxygen atoms in total. The van der Waals surface area contributed by atoms with Gasteiger partial charge in [0.25, 0.3) is 5.92 Å². The molecule has 0 bridgehead atoms. The molecule has 7 heteroatoms. The van der Waals surface area contributed by atoms with Crippen LogP contribution < -0.4 is 5.48 Å². The largest absolute Gasteiger partial charge is 0.371 e. The minimum absolute atomic E-state index is 0.0611. The van der Waals surface area contributed by atoms with Crippen molar-refractivity contribution < 1.29 is 18.4 Å². The second-order valence-electron chi connectivity index (χ2n) is 3.24. The lowest BCUT2D eigenvalue weighted by Crippen LogP contribution is -2.32. The highest BCUT2D eigenvalue weighted by Gasteiger charge is 2.34. The maximum atomic E-state index is 13.6. The van der Waals surface area contributed by atoms with Gasteiger partial charge in [0.15, 0.2) is 0 Å². The van der Waals surface area contributed by atoms with Crippen LogP contribution in [0.3, 0.4) is 0 Å². The van der Waals surface area contributed by atoms with Crippen LogP contribution in [0.2, 0.25) is 5.02 Å². The van der Waals surface area contributed by atoms with E-state index in [1.807, 2.05) is 5.48 Å². The molecular weight excluding hydrogens is 319 g/mol. The third kappa shape index (κ3) is 4.22. The third-order valence-corrected chi connectivity index (χ3v) is 2.64. The lowest BCUT2D eigenvalue weighted by molar-refractivity contribution is -0.152. The van der Waals surface area contributed by atoms with Gasteiger partial charge in [-0.1, -0.05) is 33.6 Å². The Morgan fingerprint density at radius 2 is 2.24 bits per heavy atom. The van der Waals surface area contributed by atoms with Crippen molar-refractivity contribution in [1.29, 1.82) is 0 Å². The SMILES string of the molecule is CC(=O)ONCC(F)(F)c1ccc(Br)cc1Cl. The molecule has 0 aliphatic rings. The quantitative estimate of drug-likeness (QED) is 0.862. The predicted octanol–water partition coefficient (Wildman–Crippen LogP) is 3.26. The van der Waals surface area contributed by atoms with Crippen molar-refractivity contribution in [2.24, 2.45) is 0 Å². The minimum Gasteiger partial charge on any atom is -0.371 e. The Labute approximate surface area is 110 Å². The molecule has 1 aromatic rings. The summed E-state index contributed by atoms with van der Waals surface area (Å²) in [5.41, 5.74) is 1.56. The molecule has 0 atom stereocenters. The van der Waals surface area contributed by atoms with Crippen LogP contribution in [0.25, 0.3) is 0 Å². The number of hydrogen-bond acceptors (Lipinski definition) is 3. The number of benzene rings is 1. The summed E-state index contributed by atoms with van der Waals surface area (Å²) in [6.45, 7) is 0.270. The van der Waals surface area contributed by atoms with Gasteiger partial charge in [-0.15, -0.1) is 5.48 Å². The van der Waals surface area contributed by atoms with Gasteiger partial charge in [-0.3, -0.25) is 4.79 Å². The van der Waals surface area contributed by atoms with Gasteiger partial charge in [-0.05, 0) is 12.1 Å². The smallest absolute Gasteiger partial charge is 0.321 e. The number of hydrogen-bond donors (Lipinski definition) is 1. The van der Waals surface area contributed by atoms with Crippen molar-refractivity contribution in [3.63, 3.8) is 0 Å². The summed E-state index contributed by atoms with van der Waals surface area (Å²) >= 11 is 8.83. The maximum Gasteiger partial charge on any atom is 0.321 e. The second kappa shape index (κ2) is 5.75. The molecule has 94 valence electrons. The van der Waals surface area contributed by atoms with Gasteiger partial charge >= 0.3 is 5.97 Å². The first kappa shape index (κ1) is 14.3. The van der Waals surface area contributed by atoms with Gasteiger partial charge in [-0.2, -0.15) is 8.78 Å². The number of halogens is 4. The van der Waals surface area contributed by atoms with Gasteiger partial charge in [0, 0.05) is 17.0 Å². The number of carbonyl (C=O) groups is 1. The van der Waals surface area contributed by atoms with Crippen LogP contribution in [0.5, 0.6) is 0 Å². The molecular formula is C10H9BrClF2NO2. The van der Waals surface area contributed by atoms with Crippen molar-refractivity contribution in [1.82, 2.24) is 5.48 Å². The maximum absolute atomic E-state index is 13.6. The Morgan fingerprint density at radius 3 is 2.76 bits per heavy atom. The highest BCUT2D eigenvalue weighted by Crippen LogP contribution is 2.34. The Balaban J connectivity index is 2.78. The van der Waals surface area contributed by atoms with Gasteiger partial charge in [0.05, 0.1) is 5.02 Å². The molecule has 0 fully saturated rings. The van der Waals surface area contributed by atoms with Crippen LogP contribution in [-0.4, -0.2) is 12.5 Å². The summed E-state index contributed by atoms with van der Waals surface area (Å²) in [6.07, 6.45) is 0. The molecule has 0 aromatic heterocycles. The fraction of sp³-hybridized carbons (Fsp3) is 0.300. The fourth-order valence-electron chi connectivity index (χ4n) is 1.11. The number of nitrogens with one attached hydrogen (secondary N) is 1. The number of hydroxylamine groups is 1. The van der Waals surface area contributed by atoms with Gasteiger partial charge in [-0.25, -0.2) is 0 Å². The number of carbonyl (C=O) groups excluding carboxylic acids is 1. The topological polar surface area (TPSA) is 38.3 Å². The zero-order valence-electron chi connectivity index (χ0n) is 8.77. The zero-order chi connectivity index (χ0) is 13.1. The molecule has 0 aliphatic heterocycles. The second-order valence-corrected chi connectivity index (χ2v) is 4.57. The summed E-state index contributed by atoms with van der Waals surface area (Å²) in [7, 11) is 0. The lowest BCUT2D eigenvalue weighted by atomic mass is 10.1. The summed E-state index contributed by atoms with van der Waals surface area (Å²) in [5.74, 6) is -3.92. The molecule has 17 heavy (non-hydrogen) atoms. The fourth-order valence-corrected chi connectivity index (χ4v) is 1.92. The Kier molecular flexibility index (Phi) is 4.85. The zero-order valence-corrected chi connectivity index (χ0v) is 11.1. The van der Waals surface area contributed by atoms with Crippen LogP contribution in [0, 0.1) is 0 Å². The number of rotatable bonds is 4. The normalized spacial score (nSPS) is 11.4. The monoisotopic (exact) mass is 327 g/mol. The molecule has 0 amide bonds. The van der Waals surface area contributed by atoms with Crippen LogP contribution in [0.4, 0.5) is 8.78 Å². The molecule has 1 rings (SSSR count). The first-order valence-electron chi connectivity index (χ1n) is 4.56. The Morgan fingerprint density at radius 1 is 1.59 bits per heavy atom. The molecule has 0 heterocycles. The summed E-state index contributed by atoms with van der Waals surface area (Å²) < 4.78 is 27.9. The summed E-state index contributed by atoms with van der Waals surface area (Å²) in [6, 6.07) is 4.04. The van der Waals surface area contributed by atoms with Crippen molar-refractivity contribution >= 4 is 33.5 Å². The molecule has 0 radical (unpaired) electrons. The molecule has 1 aromatic carbocycles. The van der Waals surface area contributed by atoms with E-state index in [4.69, 9.17) is 11.6 Å². The highest BCUT2D eigenvalue weighted by molar-refractivity contribution is 9.10. The third-order valence-electron chi connectivity index (χ3n) is 1.84. The lowest BCUT2D eigenvalue weighted by Gasteiger charge is -2.18. The van der Waals surface area contributed by atoms with Gasteiger partial charge < -0.3 is 4.84 Å². The average Bonchev–Trinajstić information content (AvgIpc) is 2.15. The molecule has 0 aliphatic carbocycles. The molecule has 0 unspecified atom stereocenters. The van der Waals surface area contributed by atoms with E-state index in [9.17, 15) is 13.6 Å². The van der Waals surface area contributed by atoms with Crippen LogP contribution in [0.15, 0.2) is 22.7 Å². The first-order chi connectivity index (χ1) is 7.83. The summed E-state index contributed by atoms with van der Waals surface area (Å²) in [4.78, 5) is 14.7. The standard InChI is InChI=1S/C10H9BrClF2NO2/c1-6(16)17-15-5-10(13,14)8-3-2-7(11)4-9(8)12/h2-4,15H,5H2,1H3. The van der Waals surface area contributed by atoms with E-state index < -0.39 is 18.4 Å². The van der Waals surface area contributed by atoms with Gasteiger partial charge in [0.2, 0.25) is 0 Å². The van der Waals surface area contributed by atoms with E-state index in [0.29, 0.717) is 4.47 Å². The first-order valence-corrected chi connectivity index (χ1v) is 5.73. The number of alkyl halides is 2. The van der Waals surface area contributed by atoms with E-state index in [2.05, 4.69) is 20.8 Å². The van der Waals surface area contributed by atoms with Crippen molar-refractivity contribution in [3.8, 4) is 0 Å². The minimum atomic E-state index is -3.23. The van der Waals surface area contributed by atoms with E-state index in [0.717, 1.165) is 6.92 Å². The molecule has 0 spiro atoms. The molecule has 0 saturated carbocycles. The van der Waals surface area contributed by atoms with Crippen LogP contribution in [-0.2, 0) is 15.6 Å². The predicted molar refractivity (Wildman–Crippen MR) is 62.8 cm³/mol. The van der Waals surface area contributed by atoms with E-state index in [1.165, 1.54) is 18.2 Å². The highest BCUT2D eigenvalue weighted by atomic mass is 79.9. The van der Waals surface area contributed by atoms with E-state index in [1.54, 1.807) is 0 Å². The molecule has 0 saturated heterocycles. The van der Waals surface area contributed by atoms with Crippen molar-refractivity contribution in [2.45, 2.75) is 12.8 Å². The van der Waals surface area contributed by atoms with Crippen LogP contribution >= 0.6 is 27.5 Å². The van der Waals surface area contributed by atoms with E-state index in [-0.39, 0.29) is 10.6 Å².